The van der Waals surface area contributed by atoms with Gasteiger partial charge in [-0.2, -0.15) is 0 Å². The van der Waals surface area contributed by atoms with E-state index in [-0.39, 0.29) is 0 Å². The van der Waals surface area contributed by atoms with Gasteiger partial charge in [0.05, 0.1) is 0 Å². The van der Waals surface area contributed by atoms with Crippen LogP contribution in [0.3, 0.4) is 0 Å². The van der Waals surface area contributed by atoms with Gasteiger partial charge in [0.1, 0.15) is 0 Å². The summed E-state index contributed by atoms with van der Waals surface area (Å²) in [6, 6.07) is 21.2. The third-order valence-electron chi connectivity index (χ3n) is 4.34. The van der Waals surface area contributed by atoms with Crippen LogP contribution in [-0.4, -0.2) is 0 Å². The summed E-state index contributed by atoms with van der Waals surface area (Å²) in [7, 11) is 0.777. The van der Waals surface area contributed by atoms with E-state index in [2.05, 4.69) is 60.7 Å². The van der Waals surface area contributed by atoms with E-state index in [1.165, 1.54) is 74.8 Å². The van der Waals surface area contributed by atoms with Crippen molar-refractivity contribution in [3.05, 3.63) is 60.7 Å². The molecule has 2 aliphatic carbocycles. The van der Waals surface area contributed by atoms with Crippen LogP contribution in [0.25, 0.3) is 0 Å². The van der Waals surface area contributed by atoms with E-state index in [9.17, 15) is 0 Å². The van der Waals surface area contributed by atoms with Crippen LogP contribution in [0.15, 0.2) is 60.7 Å². The fourth-order valence-corrected chi connectivity index (χ4v) is 4.03. The summed E-state index contributed by atoms with van der Waals surface area (Å²) in [5.74, 6) is 0. The van der Waals surface area contributed by atoms with E-state index in [0.29, 0.717) is 0 Å². The zero-order valence-electron chi connectivity index (χ0n) is 14.3. The lowest BCUT2D eigenvalue weighted by atomic mass is 10.4. The predicted molar refractivity (Wildman–Crippen MR) is 107 cm³/mol. The van der Waals surface area contributed by atoms with Crippen LogP contribution in [-0.2, 0) is 0 Å². The molecule has 0 bridgehead atoms. The van der Waals surface area contributed by atoms with Crippen molar-refractivity contribution in [3.8, 4) is 0 Å². The molecular formula is C22H31P. The van der Waals surface area contributed by atoms with Gasteiger partial charge in [-0.15, -0.1) is 0 Å². The Labute approximate surface area is 144 Å². The Kier molecular flexibility index (Phi) is 9.75. The average molecular weight is 326 g/mol. The van der Waals surface area contributed by atoms with Crippen LogP contribution in [0.2, 0.25) is 0 Å². The van der Waals surface area contributed by atoms with Gasteiger partial charge < -0.3 is 0 Å². The molecule has 0 nitrogen and oxygen atoms in total. The molecule has 124 valence electrons. The van der Waals surface area contributed by atoms with Crippen molar-refractivity contribution < 1.29 is 0 Å². The molecule has 2 aromatic rings. The molecule has 0 heterocycles. The Morgan fingerprint density at radius 3 is 0.913 bits per heavy atom. The van der Waals surface area contributed by atoms with Crippen LogP contribution < -0.4 is 10.6 Å². The van der Waals surface area contributed by atoms with E-state index < -0.39 is 0 Å². The molecule has 1 heteroatoms. The van der Waals surface area contributed by atoms with Crippen LogP contribution in [0.1, 0.15) is 64.2 Å². The molecule has 0 aromatic heterocycles. The number of rotatable bonds is 2. The summed E-state index contributed by atoms with van der Waals surface area (Å²) >= 11 is 0. The van der Waals surface area contributed by atoms with Crippen LogP contribution in [0.5, 0.6) is 0 Å². The molecule has 2 aliphatic rings. The quantitative estimate of drug-likeness (QED) is 0.575. The molecule has 0 aliphatic heterocycles. The van der Waals surface area contributed by atoms with E-state index in [1.807, 2.05) is 0 Å². The maximum absolute atomic E-state index is 2.17. The van der Waals surface area contributed by atoms with Gasteiger partial charge in [-0.1, -0.05) is 133 Å². The van der Waals surface area contributed by atoms with Crippen molar-refractivity contribution in [1.29, 1.82) is 0 Å². The smallest absolute Gasteiger partial charge is 0.0226 e. The van der Waals surface area contributed by atoms with Crippen LogP contribution in [0, 0.1) is 0 Å². The molecule has 0 N–H and O–H groups in total. The Hall–Kier alpha value is -1.13. The molecule has 0 amide bonds. The van der Waals surface area contributed by atoms with Crippen molar-refractivity contribution in [2.75, 3.05) is 0 Å². The van der Waals surface area contributed by atoms with Crippen molar-refractivity contribution in [2.24, 2.45) is 0 Å². The molecular weight excluding hydrogens is 295 g/mol. The molecule has 2 aromatic carbocycles. The largest absolute Gasteiger partial charge is 0.0622 e. The summed E-state index contributed by atoms with van der Waals surface area (Å²) in [6.45, 7) is 0. The minimum atomic E-state index is 0.777. The van der Waals surface area contributed by atoms with Gasteiger partial charge >= 0.3 is 0 Å². The molecule has 0 radical (unpaired) electrons. The zero-order chi connectivity index (χ0) is 16.0. The minimum Gasteiger partial charge on any atom is -0.0622 e. The molecule has 0 unspecified atom stereocenters. The summed E-state index contributed by atoms with van der Waals surface area (Å²) in [5.41, 5.74) is 0. The summed E-state index contributed by atoms with van der Waals surface area (Å²) in [6.07, 6.45) is 15.0. The maximum atomic E-state index is 2.17. The second-order valence-corrected chi connectivity index (χ2v) is 7.80. The van der Waals surface area contributed by atoms with E-state index in [0.717, 1.165) is 8.58 Å². The Bertz CT molecular complexity index is 421. The zero-order valence-corrected chi connectivity index (χ0v) is 15.3. The Balaban J connectivity index is 0.000000156. The first-order chi connectivity index (χ1) is 11.4. The molecule has 0 spiro atoms. The molecule has 23 heavy (non-hydrogen) atoms. The van der Waals surface area contributed by atoms with Crippen molar-refractivity contribution >= 4 is 19.2 Å². The lowest BCUT2D eigenvalue weighted by Gasteiger charge is -2.00. The lowest BCUT2D eigenvalue weighted by molar-refractivity contribution is 0.886. The van der Waals surface area contributed by atoms with Gasteiger partial charge in [-0.3, -0.25) is 0 Å². The van der Waals surface area contributed by atoms with Gasteiger partial charge in [0.25, 0.3) is 0 Å². The second-order valence-electron chi connectivity index (χ2n) is 6.39. The van der Waals surface area contributed by atoms with Crippen molar-refractivity contribution in [3.63, 3.8) is 0 Å². The highest BCUT2D eigenvalue weighted by Gasteiger charge is 1.96. The fraction of sp³-hybridized carbons (Fsp3) is 0.455. The topological polar surface area (TPSA) is 0 Å². The summed E-state index contributed by atoms with van der Waals surface area (Å²) in [5, 5.41) is 2.79. The van der Waals surface area contributed by atoms with Crippen molar-refractivity contribution in [2.45, 2.75) is 64.2 Å². The van der Waals surface area contributed by atoms with Crippen molar-refractivity contribution in [1.82, 2.24) is 0 Å². The van der Waals surface area contributed by atoms with Gasteiger partial charge in [0, 0.05) is 0 Å². The fourth-order valence-electron chi connectivity index (χ4n) is 2.98. The van der Waals surface area contributed by atoms with Crippen LogP contribution >= 0.6 is 8.58 Å². The summed E-state index contributed by atoms with van der Waals surface area (Å²) in [4.78, 5) is 0. The molecule has 2 saturated carbocycles. The normalized spacial score (nSPS) is 16.0. The highest BCUT2D eigenvalue weighted by molar-refractivity contribution is 7.55. The van der Waals surface area contributed by atoms with Gasteiger partial charge in [0.2, 0.25) is 0 Å². The highest BCUT2D eigenvalue weighted by atomic mass is 31.1. The SMILES string of the molecule is C1CCCC1.C1CCCC1.c1ccc(Pc2ccccc2)cc1. The average Bonchev–Trinajstić information content (AvgIpc) is 3.35. The van der Waals surface area contributed by atoms with Gasteiger partial charge in [0.15, 0.2) is 0 Å². The third-order valence-corrected chi connectivity index (χ3v) is 5.58. The maximum Gasteiger partial charge on any atom is -0.0226 e. The molecule has 4 rings (SSSR count). The monoisotopic (exact) mass is 326 g/mol. The minimum absolute atomic E-state index is 0.777. The third kappa shape index (κ3) is 8.92. The first-order valence-corrected chi connectivity index (χ1v) is 10.3. The molecule has 2 fully saturated rings. The van der Waals surface area contributed by atoms with Gasteiger partial charge in [-0.25, -0.2) is 0 Å². The number of benzene rings is 2. The number of hydrogen-bond acceptors (Lipinski definition) is 0. The first kappa shape index (κ1) is 18.2. The standard InChI is InChI=1S/C12H11P.2C5H10/c1-3-7-11(8-4-1)13-12-9-5-2-6-10-12;2*1-2-4-5-3-1/h1-10,13H;2*1-5H2. The second kappa shape index (κ2) is 12.3. The first-order valence-electron chi connectivity index (χ1n) is 9.32. The van der Waals surface area contributed by atoms with E-state index in [4.69, 9.17) is 0 Å². The van der Waals surface area contributed by atoms with Crippen LogP contribution in [0.4, 0.5) is 0 Å². The van der Waals surface area contributed by atoms with E-state index in [1.54, 1.807) is 0 Å². The Morgan fingerprint density at radius 2 is 0.652 bits per heavy atom. The summed E-state index contributed by atoms with van der Waals surface area (Å²) < 4.78 is 0. The molecule has 0 atom stereocenters. The lowest BCUT2D eigenvalue weighted by Crippen LogP contribution is -2.01. The predicted octanol–water partition coefficient (Wildman–Crippen LogP) is 6.22. The number of hydrogen-bond donors (Lipinski definition) is 0. The molecule has 0 saturated heterocycles. The van der Waals surface area contributed by atoms with Gasteiger partial charge in [-0.05, 0) is 10.6 Å². The highest BCUT2D eigenvalue weighted by Crippen LogP contribution is 2.15. The Morgan fingerprint density at radius 1 is 0.391 bits per heavy atom. The van der Waals surface area contributed by atoms with E-state index >= 15 is 0 Å².